The smallest absolute Gasteiger partial charge is 0.339 e. The lowest BCUT2D eigenvalue weighted by atomic mass is 10.0. The molecule has 0 radical (unpaired) electrons. The van der Waals surface area contributed by atoms with Crippen molar-refractivity contribution >= 4 is 17.8 Å². The SMILES string of the molecule is CCOC(=O)c1ccc(C(=O)NC(CC)c2ccccc2OCC(=O)N2CCCC2)nc1C. The minimum Gasteiger partial charge on any atom is -0.483 e. The molecular weight excluding hydrogens is 422 g/mol. The predicted octanol–water partition coefficient (Wildman–Crippen LogP) is 3.45. The zero-order valence-electron chi connectivity index (χ0n) is 19.4. The average Bonchev–Trinajstić information content (AvgIpc) is 3.36. The molecular formula is C25H31N3O5. The molecule has 0 spiro atoms. The van der Waals surface area contributed by atoms with Crippen molar-refractivity contribution in [1.82, 2.24) is 15.2 Å². The minimum atomic E-state index is -0.463. The zero-order chi connectivity index (χ0) is 23.8. The second-order valence-electron chi connectivity index (χ2n) is 7.90. The standard InChI is InChI=1S/C25H31N3O5/c1-4-20(27-24(30)21-13-12-18(17(3)26-21)25(31)32-5-2)19-10-6-7-11-22(19)33-16-23(29)28-14-8-9-15-28/h6-7,10-13,20H,4-5,8-9,14-16H2,1-3H3,(H,27,30). The van der Waals surface area contributed by atoms with E-state index in [-0.39, 0.29) is 36.8 Å². The number of carbonyl (C=O) groups is 3. The highest BCUT2D eigenvalue weighted by atomic mass is 16.5. The van der Waals surface area contributed by atoms with E-state index in [9.17, 15) is 14.4 Å². The molecule has 8 heteroatoms. The summed E-state index contributed by atoms with van der Waals surface area (Å²) in [5, 5.41) is 2.99. The van der Waals surface area contributed by atoms with E-state index >= 15 is 0 Å². The van der Waals surface area contributed by atoms with Gasteiger partial charge in [0.1, 0.15) is 11.4 Å². The van der Waals surface area contributed by atoms with Crippen molar-refractivity contribution in [2.75, 3.05) is 26.3 Å². The molecule has 0 saturated carbocycles. The van der Waals surface area contributed by atoms with Crippen molar-refractivity contribution in [3.8, 4) is 5.75 Å². The van der Waals surface area contributed by atoms with Gasteiger partial charge < -0.3 is 19.7 Å². The molecule has 0 aliphatic carbocycles. The molecule has 2 heterocycles. The van der Waals surface area contributed by atoms with E-state index in [1.165, 1.54) is 6.07 Å². The Morgan fingerprint density at radius 1 is 1.09 bits per heavy atom. The largest absolute Gasteiger partial charge is 0.483 e. The van der Waals surface area contributed by atoms with Crippen molar-refractivity contribution in [2.45, 2.75) is 46.1 Å². The van der Waals surface area contributed by atoms with E-state index in [0.29, 0.717) is 23.4 Å². The molecule has 0 bridgehead atoms. The molecule has 1 aromatic heterocycles. The van der Waals surface area contributed by atoms with Gasteiger partial charge >= 0.3 is 5.97 Å². The third-order valence-electron chi connectivity index (χ3n) is 5.63. The van der Waals surface area contributed by atoms with Gasteiger partial charge in [-0.05, 0) is 51.3 Å². The fourth-order valence-corrected chi connectivity index (χ4v) is 3.84. The molecule has 8 nitrogen and oxygen atoms in total. The fraction of sp³-hybridized carbons (Fsp3) is 0.440. The maximum atomic E-state index is 12.9. The van der Waals surface area contributed by atoms with Gasteiger partial charge in [-0.2, -0.15) is 0 Å². The van der Waals surface area contributed by atoms with Gasteiger partial charge in [0.05, 0.1) is 23.9 Å². The second kappa shape index (κ2) is 11.4. The van der Waals surface area contributed by atoms with E-state index in [1.807, 2.05) is 30.0 Å². The summed E-state index contributed by atoms with van der Waals surface area (Å²) in [5.74, 6) is -0.279. The number of rotatable bonds is 9. The number of esters is 1. The van der Waals surface area contributed by atoms with Crippen LogP contribution in [0.25, 0.3) is 0 Å². The third-order valence-corrected chi connectivity index (χ3v) is 5.63. The number of carbonyl (C=O) groups excluding carboxylic acids is 3. The molecule has 2 aromatic rings. The van der Waals surface area contributed by atoms with Crippen LogP contribution in [0.2, 0.25) is 0 Å². The molecule has 176 valence electrons. The predicted molar refractivity (Wildman–Crippen MR) is 123 cm³/mol. The molecule has 1 aromatic carbocycles. The van der Waals surface area contributed by atoms with Crippen LogP contribution in [0, 0.1) is 6.92 Å². The number of benzene rings is 1. The molecule has 33 heavy (non-hydrogen) atoms. The van der Waals surface area contributed by atoms with Gasteiger partial charge in [-0.25, -0.2) is 9.78 Å². The number of para-hydroxylation sites is 1. The number of amides is 2. The lowest BCUT2D eigenvalue weighted by Gasteiger charge is -2.21. The summed E-state index contributed by atoms with van der Waals surface area (Å²) in [6.07, 6.45) is 2.67. The van der Waals surface area contributed by atoms with Crippen LogP contribution < -0.4 is 10.1 Å². The van der Waals surface area contributed by atoms with Crippen LogP contribution in [0.1, 0.15) is 71.3 Å². The maximum absolute atomic E-state index is 12.9. The molecule has 1 atom stereocenters. The van der Waals surface area contributed by atoms with Gasteiger partial charge in [-0.15, -0.1) is 0 Å². The number of ether oxygens (including phenoxy) is 2. The van der Waals surface area contributed by atoms with Crippen LogP contribution in [0.3, 0.4) is 0 Å². The Hall–Kier alpha value is -3.42. The molecule has 1 aliphatic heterocycles. The number of nitrogens with zero attached hydrogens (tertiary/aromatic N) is 2. The van der Waals surface area contributed by atoms with Crippen molar-refractivity contribution in [1.29, 1.82) is 0 Å². The first kappa shape index (κ1) is 24.2. The number of hydrogen-bond acceptors (Lipinski definition) is 6. The number of nitrogens with one attached hydrogen (secondary N) is 1. The molecule has 1 saturated heterocycles. The first-order valence-corrected chi connectivity index (χ1v) is 11.4. The van der Waals surface area contributed by atoms with E-state index in [0.717, 1.165) is 31.5 Å². The summed E-state index contributed by atoms with van der Waals surface area (Å²) < 4.78 is 10.9. The Bertz CT molecular complexity index is 1000. The summed E-state index contributed by atoms with van der Waals surface area (Å²) in [4.78, 5) is 43.4. The summed E-state index contributed by atoms with van der Waals surface area (Å²) in [7, 11) is 0. The van der Waals surface area contributed by atoms with E-state index in [1.54, 1.807) is 26.0 Å². The van der Waals surface area contributed by atoms with Gasteiger partial charge in [0.15, 0.2) is 6.61 Å². The van der Waals surface area contributed by atoms with E-state index in [4.69, 9.17) is 9.47 Å². The van der Waals surface area contributed by atoms with Crippen molar-refractivity contribution in [3.63, 3.8) is 0 Å². The van der Waals surface area contributed by atoms with Gasteiger partial charge in [0, 0.05) is 18.7 Å². The van der Waals surface area contributed by atoms with Crippen LogP contribution in [-0.2, 0) is 9.53 Å². The minimum absolute atomic E-state index is 0.0271. The number of pyridine rings is 1. The Morgan fingerprint density at radius 2 is 1.82 bits per heavy atom. The Balaban J connectivity index is 1.70. The number of aromatic nitrogens is 1. The number of aryl methyl sites for hydroxylation is 1. The highest BCUT2D eigenvalue weighted by Crippen LogP contribution is 2.27. The summed E-state index contributed by atoms with van der Waals surface area (Å²) in [6.45, 7) is 7.15. The molecule has 1 unspecified atom stereocenters. The molecule has 2 amide bonds. The van der Waals surface area contributed by atoms with Crippen molar-refractivity contribution < 1.29 is 23.9 Å². The molecule has 1 fully saturated rings. The van der Waals surface area contributed by atoms with E-state index < -0.39 is 5.97 Å². The first-order chi connectivity index (χ1) is 15.9. The Kier molecular flexibility index (Phi) is 8.40. The van der Waals surface area contributed by atoms with Crippen LogP contribution in [0.15, 0.2) is 36.4 Å². The van der Waals surface area contributed by atoms with Crippen molar-refractivity contribution in [3.05, 3.63) is 58.9 Å². The third kappa shape index (κ3) is 6.09. The summed E-state index contributed by atoms with van der Waals surface area (Å²) in [6, 6.07) is 10.1. The highest BCUT2D eigenvalue weighted by Gasteiger charge is 2.22. The van der Waals surface area contributed by atoms with Gasteiger partial charge in [-0.3, -0.25) is 9.59 Å². The molecule has 3 rings (SSSR count). The maximum Gasteiger partial charge on any atom is 0.339 e. The molecule has 1 aliphatic rings. The Labute approximate surface area is 194 Å². The quantitative estimate of drug-likeness (QED) is 0.584. The molecule has 1 N–H and O–H groups in total. The van der Waals surface area contributed by atoms with Gasteiger partial charge in [0.25, 0.3) is 11.8 Å². The van der Waals surface area contributed by atoms with Crippen molar-refractivity contribution in [2.24, 2.45) is 0 Å². The monoisotopic (exact) mass is 453 g/mol. The van der Waals surface area contributed by atoms with Crippen LogP contribution in [0.4, 0.5) is 0 Å². The van der Waals surface area contributed by atoms with E-state index in [2.05, 4.69) is 10.3 Å². The zero-order valence-corrected chi connectivity index (χ0v) is 19.4. The lowest BCUT2D eigenvalue weighted by molar-refractivity contribution is -0.132. The number of hydrogen-bond donors (Lipinski definition) is 1. The normalized spacial score (nSPS) is 14.0. The van der Waals surface area contributed by atoms with Gasteiger partial charge in [0.2, 0.25) is 0 Å². The van der Waals surface area contributed by atoms with Gasteiger partial charge in [-0.1, -0.05) is 25.1 Å². The second-order valence-corrected chi connectivity index (χ2v) is 7.90. The average molecular weight is 454 g/mol. The highest BCUT2D eigenvalue weighted by molar-refractivity contribution is 5.95. The summed E-state index contributed by atoms with van der Waals surface area (Å²) in [5.41, 5.74) is 1.77. The summed E-state index contributed by atoms with van der Waals surface area (Å²) >= 11 is 0. The van der Waals surface area contributed by atoms with Crippen LogP contribution >= 0.6 is 0 Å². The first-order valence-electron chi connectivity index (χ1n) is 11.4. The number of likely N-dealkylation sites (tertiary alicyclic amines) is 1. The Morgan fingerprint density at radius 3 is 2.48 bits per heavy atom. The fourth-order valence-electron chi connectivity index (χ4n) is 3.84. The van der Waals surface area contributed by atoms with Crippen LogP contribution in [-0.4, -0.2) is 54.0 Å². The van der Waals surface area contributed by atoms with Crippen LogP contribution in [0.5, 0.6) is 5.75 Å². The topological polar surface area (TPSA) is 97.8 Å². The lowest BCUT2D eigenvalue weighted by Crippen LogP contribution is -2.33.